The molecule has 0 unspecified atom stereocenters. The molecule has 0 bridgehead atoms. The van der Waals surface area contributed by atoms with E-state index < -0.39 is 0 Å². The van der Waals surface area contributed by atoms with Crippen molar-refractivity contribution >= 4 is 27.5 Å². The molecule has 7 heteroatoms. The van der Waals surface area contributed by atoms with Gasteiger partial charge in [-0.2, -0.15) is 0 Å². The van der Waals surface area contributed by atoms with Crippen molar-refractivity contribution in [2.45, 2.75) is 6.42 Å². The summed E-state index contributed by atoms with van der Waals surface area (Å²) in [6, 6.07) is 13.1. The Bertz CT molecular complexity index is 791. The summed E-state index contributed by atoms with van der Waals surface area (Å²) in [7, 11) is 4.73. The summed E-state index contributed by atoms with van der Waals surface area (Å²) in [5.41, 5.74) is 2.11. The van der Waals surface area contributed by atoms with Crippen LogP contribution in [0, 0.1) is 0 Å². The van der Waals surface area contributed by atoms with E-state index >= 15 is 0 Å². The number of amides is 1. The Morgan fingerprint density at radius 1 is 1.04 bits per heavy atom. The molecule has 0 aliphatic carbocycles. The average molecular weight is 435 g/mol. The lowest BCUT2D eigenvalue weighted by molar-refractivity contribution is -0.114. The van der Waals surface area contributed by atoms with Crippen LogP contribution >= 0.6 is 15.9 Å². The van der Waals surface area contributed by atoms with Gasteiger partial charge in [-0.1, -0.05) is 34.1 Å². The van der Waals surface area contributed by atoms with Crippen molar-refractivity contribution in [1.82, 2.24) is 5.32 Å². The summed E-state index contributed by atoms with van der Waals surface area (Å²) >= 11 is 3.39. The molecule has 2 aromatic carbocycles. The fourth-order valence-electron chi connectivity index (χ4n) is 2.47. The zero-order chi connectivity index (χ0) is 19.6. The van der Waals surface area contributed by atoms with Gasteiger partial charge in [0.1, 0.15) is 12.4 Å². The van der Waals surface area contributed by atoms with E-state index in [0.717, 1.165) is 15.6 Å². The van der Waals surface area contributed by atoms with E-state index in [9.17, 15) is 4.79 Å². The SMILES string of the molecule is COC/N=C(\C(=O)NCCc1ccc(OC)c(OC)c1)c1ccc(Br)cc1. The second kappa shape index (κ2) is 10.7. The first-order valence-corrected chi connectivity index (χ1v) is 9.16. The maximum Gasteiger partial charge on any atom is 0.270 e. The van der Waals surface area contributed by atoms with E-state index in [-0.39, 0.29) is 12.6 Å². The van der Waals surface area contributed by atoms with Gasteiger partial charge in [0.15, 0.2) is 11.5 Å². The number of benzene rings is 2. The van der Waals surface area contributed by atoms with Crippen molar-refractivity contribution < 1.29 is 19.0 Å². The van der Waals surface area contributed by atoms with Crippen molar-refractivity contribution in [3.63, 3.8) is 0 Å². The first-order chi connectivity index (χ1) is 13.1. The van der Waals surface area contributed by atoms with Crippen LogP contribution in [0.1, 0.15) is 11.1 Å². The topological polar surface area (TPSA) is 69.2 Å². The van der Waals surface area contributed by atoms with Crippen LogP contribution in [-0.2, 0) is 16.0 Å². The second-order valence-corrected chi connectivity index (χ2v) is 6.54. The molecule has 0 saturated heterocycles. The van der Waals surface area contributed by atoms with Crippen LogP contribution in [-0.4, -0.2) is 46.2 Å². The van der Waals surface area contributed by atoms with Gasteiger partial charge in [-0.3, -0.25) is 9.79 Å². The third kappa shape index (κ3) is 6.08. The summed E-state index contributed by atoms with van der Waals surface area (Å²) in [4.78, 5) is 16.8. The molecule has 2 rings (SSSR count). The molecule has 0 saturated carbocycles. The number of ether oxygens (including phenoxy) is 3. The van der Waals surface area contributed by atoms with Gasteiger partial charge in [-0.05, 0) is 36.2 Å². The normalized spacial score (nSPS) is 11.2. The molecular formula is C20H23BrN2O4. The zero-order valence-corrected chi connectivity index (χ0v) is 17.2. The summed E-state index contributed by atoms with van der Waals surface area (Å²) in [5.74, 6) is 1.10. The van der Waals surface area contributed by atoms with Gasteiger partial charge in [0, 0.05) is 23.7 Å². The minimum absolute atomic E-state index is 0.120. The van der Waals surface area contributed by atoms with Gasteiger partial charge in [-0.15, -0.1) is 0 Å². The summed E-state index contributed by atoms with van der Waals surface area (Å²) in [5, 5.41) is 2.91. The molecule has 0 radical (unpaired) electrons. The van der Waals surface area contributed by atoms with Gasteiger partial charge >= 0.3 is 0 Å². The van der Waals surface area contributed by atoms with E-state index in [1.165, 1.54) is 7.11 Å². The lowest BCUT2D eigenvalue weighted by atomic mass is 10.1. The van der Waals surface area contributed by atoms with Crippen LogP contribution in [0.25, 0.3) is 0 Å². The number of aliphatic imine (C=N–C) groups is 1. The molecule has 1 N–H and O–H groups in total. The second-order valence-electron chi connectivity index (χ2n) is 5.63. The summed E-state index contributed by atoms with van der Waals surface area (Å²) in [6.07, 6.45) is 0.657. The first kappa shape index (κ1) is 20.9. The number of hydrogen-bond acceptors (Lipinski definition) is 5. The minimum Gasteiger partial charge on any atom is -0.493 e. The molecule has 0 aromatic heterocycles. The molecule has 0 aliphatic heterocycles. The maximum absolute atomic E-state index is 12.6. The third-order valence-electron chi connectivity index (χ3n) is 3.83. The standard InChI is InChI=1S/C20H23BrN2O4/c1-25-13-23-19(15-5-7-16(21)8-6-15)20(24)22-11-10-14-4-9-17(26-2)18(12-14)27-3/h4-9,12H,10-11,13H2,1-3H3,(H,22,24)/b23-19-. The average Bonchev–Trinajstić information content (AvgIpc) is 2.69. The number of carbonyl (C=O) groups excluding carboxylic acids is 1. The molecule has 0 fully saturated rings. The largest absolute Gasteiger partial charge is 0.493 e. The maximum atomic E-state index is 12.6. The number of rotatable bonds is 9. The lowest BCUT2D eigenvalue weighted by Crippen LogP contribution is -2.33. The quantitative estimate of drug-likeness (QED) is 0.615. The van der Waals surface area contributed by atoms with Crippen molar-refractivity contribution in [2.24, 2.45) is 4.99 Å². The Balaban J connectivity index is 2.02. The molecule has 1 amide bonds. The summed E-state index contributed by atoms with van der Waals surface area (Å²) < 4.78 is 16.5. The lowest BCUT2D eigenvalue weighted by Gasteiger charge is -2.11. The molecule has 144 valence electrons. The molecular weight excluding hydrogens is 412 g/mol. The highest BCUT2D eigenvalue weighted by molar-refractivity contribution is 9.10. The van der Waals surface area contributed by atoms with Gasteiger partial charge in [0.05, 0.1) is 14.2 Å². The summed E-state index contributed by atoms with van der Waals surface area (Å²) in [6.45, 7) is 0.589. The Kier molecular flexibility index (Phi) is 8.29. The number of methoxy groups -OCH3 is 3. The van der Waals surface area contributed by atoms with E-state index in [1.54, 1.807) is 14.2 Å². The molecule has 6 nitrogen and oxygen atoms in total. The number of halogens is 1. The van der Waals surface area contributed by atoms with Crippen molar-refractivity contribution in [1.29, 1.82) is 0 Å². The fraction of sp³-hybridized carbons (Fsp3) is 0.300. The van der Waals surface area contributed by atoms with Crippen LogP contribution < -0.4 is 14.8 Å². The number of carbonyl (C=O) groups is 1. The van der Waals surface area contributed by atoms with E-state index in [1.807, 2.05) is 42.5 Å². The molecule has 0 atom stereocenters. The van der Waals surface area contributed by atoms with Crippen LogP contribution in [0.15, 0.2) is 51.9 Å². The molecule has 2 aromatic rings. The van der Waals surface area contributed by atoms with Crippen molar-refractivity contribution in [3.05, 3.63) is 58.1 Å². The van der Waals surface area contributed by atoms with Crippen LogP contribution in [0.2, 0.25) is 0 Å². The number of hydrogen-bond donors (Lipinski definition) is 1. The predicted octanol–water partition coefficient (Wildman–Crippen LogP) is 3.22. The molecule has 0 spiro atoms. The van der Waals surface area contributed by atoms with Gasteiger partial charge in [-0.25, -0.2) is 0 Å². The first-order valence-electron chi connectivity index (χ1n) is 8.37. The highest BCUT2D eigenvalue weighted by atomic mass is 79.9. The number of nitrogens with zero attached hydrogens (tertiary/aromatic N) is 1. The van der Waals surface area contributed by atoms with E-state index in [4.69, 9.17) is 14.2 Å². The minimum atomic E-state index is -0.241. The van der Waals surface area contributed by atoms with Crippen LogP contribution in [0.3, 0.4) is 0 Å². The molecule has 27 heavy (non-hydrogen) atoms. The van der Waals surface area contributed by atoms with Crippen LogP contribution in [0.4, 0.5) is 0 Å². The highest BCUT2D eigenvalue weighted by Gasteiger charge is 2.14. The number of nitrogens with one attached hydrogen (secondary N) is 1. The van der Waals surface area contributed by atoms with E-state index in [2.05, 4.69) is 26.2 Å². The van der Waals surface area contributed by atoms with Crippen LogP contribution in [0.5, 0.6) is 11.5 Å². The zero-order valence-electron chi connectivity index (χ0n) is 15.6. The predicted molar refractivity (Wildman–Crippen MR) is 109 cm³/mol. The Morgan fingerprint density at radius 2 is 1.74 bits per heavy atom. The smallest absolute Gasteiger partial charge is 0.270 e. The van der Waals surface area contributed by atoms with E-state index in [0.29, 0.717) is 30.2 Å². The van der Waals surface area contributed by atoms with Gasteiger partial charge in [0.25, 0.3) is 5.91 Å². The Morgan fingerprint density at radius 3 is 2.37 bits per heavy atom. The van der Waals surface area contributed by atoms with Crippen molar-refractivity contribution in [2.75, 3.05) is 34.6 Å². The van der Waals surface area contributed by atoms with Crippen molar-refractivity contribution in [3.8, 4) is 11.5 Å². The highest BCUT2D eigenvalue weighted by Crippen LogP contribution is 2.27. The fourth-order valence-corrected chi connectivity index (χ4v) is 2.74. The molecule has 0 heterocycles. The third-order valence-corrected chi connectivity index (χ3v) is 4.36. The Labute approximate surface area is 167 Å². The molecule has 0 aliphatic rings. The van der Waals surface area contributed by atoms with Gasteiger partial charge in [0.2, 0.25) is 0 Å². The monoisotopic (exact) mass is 434 g/mol. The Hall–Kier alpha value is -2.38. The van der Waals surface area contributed by atoms with Gasteiger partial charge < -0.3 is 19.5 Å².